The summed E-state index contributed by atoms with van der Waals surface area (Å²) in [7, 11) is 0. The lowest BCUT2D eigenvalue weighted by atomic mass is 10.4. The zero-order valence-corrected chi connectivity index (χ0v) is 6.92. The summed E-state index contributed by atoms with van der Waals surface area (Å²) >= 11 is 0. The molecule has 0 aliphatic carbocycles. The number of rotatable bonds is 0. The lowest BCUT2D eigenvalue weighted by Gasteiger charge is -1.98. The first kappa shape index (κ1) is 8.86. The van der Waals surface area contributed by atoms with Gasteiger partial charge in [-0.3, -0.25) is 0 Å². The molecule has 2 N–H and O–H groups in total. The average molecular weight is 201 g/mol. The molecule has 0 bridgehead atoms. The molecule has 0 aromatic carbocycles. The number of pyridine rings is 1. The zero-order valence-electron chi connectivity index (χ0n) is 6.92. The molecule has 14 heavy (non-hydrogen) atoms. The largest absolute Gasteiger partial charge is 0.434 e. The summed E-state index contributed by atoms with van der Waals surface area (Å²) in [6, 6.07) is 2.94. The Morgan fingerprint density at radius 3 is 2.57 bits per heavy atom. The summed E-state index contributed by atoms with van der Waals surface area (Å²) in [5.41, 5.74) is 5.12. The molecule has 0 unspecified atom stereocenters. The van der Waals surface area contributed by atoms with Gasteiger partial charge in [-0.05, 0) is 12.1 Å². The summed E-state index contributed by atoms with van der Waals surface area (Å²) in [4.78, 5) is 3.41. The summed E-state index contributed by atoms with van der Waals surface area (Å²) in [5, 5.41) is 0. The topological polar surface area (TPSA) is 43.3 Å². The van der Waals surface area contributed by atoms with Crippen molar-refractivity contribution in [2.24, 2.45) is 0 Å². The number of nitrogen functional groups attached to an aromatic ring is 1. The number of hydrogen-bond acceptors (Lipinski definition) is 2. The third kappa shape index (κ3) is 1.39. The van der Waals surface area contributed by atoms with Crippen molar-refractivity contribution >= 4 is 11.3 Å². The maximum atomic E-state index is 12.2. The minimum atomic E-state index is -4.42. The molecule has 0 amide bonds. The van der Waals surface area contributed by atoms with Gasteiger partial charge in [0.05, 0.1) is 0 Å². The monoisotopic (exact) mass is 201 g/mol. The fourth-order valence-electron chi connectivity index (χ4n) is 1.15. The van der Waals surface area contributed by atoms with Gasteiger partial charge in [0.25, 0.3) is 0 Å². The lowest BCUT2D eigenvalue weighted by molar-refractivity contribution is -0.140. The maximum Gasteiger partial charge on any atom is 0.434 e. The molecule has 0 atom stereocenters. The highest BCUT2D eigenvalue weighted by atomic mass is 19.4. The van der Waals surface area contributed by atoms with E-state index < -0.39 is 11.9 Å². The van der Waals surface area contributed by atoms with Crippen molar-refractivity contribution in [1.82, 2.24) is 9.38 Å². The smallest absolute Gasteiger partial charge is 0.398 e. The molecule has 0 aliphatic rings. The lowest BCUT2D eigenvalue weighted by Crippen LogP contribution is -2.04. The van der Waals surface area contributed by atoms with E-state index in [0.717, 1.165) is 6.20 Å². The van der Waals surface area contributed by atoms with Crippen molar-refractivity contribution < 1.29 is 13.2 Å². The van der Waals surface area contributed by atoms with Crippen molar-refractivity contribution in [2.45, 2.75) is 6.18 Å². The third-order valence-corrected chi connectivity index (χ3v) is 1.76. The molecule has 3 nitrogen and oxygen atoms in total. The summed E-state index contributed by atoms with van der Waals surface area (Å²) in [6.07, 6.45) is -2.12. The number of nitrogens with two attached hydrogens (primary N) is 1. The van der Waals surface area contributed by atoms with E-state index in [2.05, 4.69) is 4.98 Å². The predicted octanol–water partition coefficient (Wildman–Crippen LogP) is 1.94. The van der Waals surface area contributed by atoms with Gasteiger partial charge in [0.2, 0.25) is 0 Å². The Labute approximate surface area is 77.0 Å². The Hall–Kier alpha value is -1.72. The van der Waals surface area contributed by atoms with E-state index in [1.165, 1.54) is 22.7 Å². The second-order valence-corrected chi connectivity index (χ2v) is 2.85. The SMILES string of the molecule is Nc1ccc2nc(C(F)(F)F)cn2c1. The highest BCUT2D eigenvalue weighted by Gasteiger charge is 2.33. The van der Waals surface area contributed by atoms with Crippen LogP contribution in [0.4, 0.5) is 18.9 Å². The molecule has 0 spiro atoms. The molecule has 74 valence electrons. The van der Waals surface area contributed by atoms with Crippen molar-refractivity contribution in [3.8, 4) is 0 Å². The van der Waals surface area contributed by atoms with E-state index in [9.17, 15) is 13.2 Å². The predicted molar refractivity (Wildman–Crippen MR) is 44.6 cm³/mol. The van der Waals surface area contributed by atoms with Crippen LogP contribution in [0.15, 0.2) is 24.5 Å². The molecule has 0 saturated carbocycles. The number of aromatic nitrogens is 2. The van der Waals surface area contributed by atoms with Crippen LogP contribution >= 0.6 is 0 Å². The number of halogens is 3. The third-order valence-electron chi connectivity index (χ3n) is 1.76. The number of fused-ring (bicyclic) bond motifs is 1. The van der Waals surface area contributed by atoms with Crippen LogP contribution in [0.25, 0.3) is 5.65 Å². The quantitative estimate of drug-likeness (QED) is 0.707. The van der Waals surface area contributed by atoms with Crippen LogP contribution in [0.1, 0.15) is 5.69 Å². The van der Waals surface area contributed by atoms with E-state index in [-0.39, 0.29) is 5.65 Å². The summed E-state index contributed by atoms with van der Waals surface area (Å²) < 4.78 is 37.9. The normalized spacial score (nSPS) is 12.2. The van der Waals surface area contributed by atoms with Gasteiger partial charge in [0.15, 0.2) is 5.69 Å². The van der Waals surface area contributed by atoms with Crippen LogP contribution < -0.4 is 5.73 Å². The Bertz CT molecular complexity index is 472. The van der Waals surface area contributed by atoms with E-state index in [1.807, 2.05) is 0 Å². The maximum absolute atomic E-state index is 12.2. The highest BCUT2D eigenvalue weighted by molar-refractivity contribution is 5.48. The van der Waals surface area contributed by atoms with Crippen LogP contribution in [-0.4, -0.2) is 9.38 Å². The Morgan fingerprint density at radius 2 is 1.93 bits per heavy atom. The average Bonchev–Trinajstić information content (AvgIpc) is 2.45. The van der Waals surface area contributed by atoms with E-state index >= 15 is 0 Å². The summed E-state index contributed by atoms with van der Waals surface area (Å²) in [6.45, 7) is 0. The minimum absolute atomic E-state index is 0.228. The number of nitrogens with zero attached hydrogens (tertiary/aromatic N) is 2. The number of anilines is 1. The van der Waals surface area contributed by atoms with Crippen LogP contribution in [0, 0.1) is 0 Å². The van der Waals surface area contributed by atoms with Gasteiger partial charge >= 0.3 is 6.18 Å². The van der Waals surface area contributed by atoms with Crippen LogP contribution in [0.5, 0.6) is 0 Å². The first-order chi connectivity index (χ1) is 6.47. The Balaban J connectivity index is 2.63. The van der Waals surface area contributed by atoms with Crippen molar-refractivity contribution in [2.75, 3.05) is 5.73 Å². The molecular weight excluding hydrogens is 195 g/mol. The Kier molecular flexibility index (Phi) is 1.67. The molecule has 0 radical (unpaired) electrons. The fourth-order valence-corrected chi connectivity index (χ4v) is 1.15. The second-order valence-electron chi connectivity index (χ2n) is 2.85. The fraction of sp³-hybridized carbons (Fsp3) is 0.125. The van der Waals surface area contributed by atoms with E-state index in [1.54, 1.807) is 0 Å². The first-order valence-electron chi connectivity index (χ1n) is 3.78. The number of hydrogen-bond donors (Lipinski definition) is 1. The molecule has 0 aliphatic heterocycles. The Morgan fingerprint density at radius 1 is 1.21 bits per heavy atom. The molecule has 0 saturated heterocycles. The summed E-state index contributed by atoms with van der Waals surface area (Å²) in [5.74, 6) is 0. The van der Waals surface area contributed by atoms with Gasteiger partial charge in [-0.2, -0.15) is 13.2 Å². The van der Waals surface area contributed by atoms with Gasteiger partial charge in [0.1, 0.15) is 5.65 Å². The molecule has 6 heteroatoms. The van der Waals surface area contributed by atoms with Crippen molar-refractivity contribution in [1.29, 1.82) is 0 Å². The van der Waals surface area contributed by atoms with Crippen molar-refractivity contribution in [3.05, 3.63) is 30.2 Å². The van der Waals surface area contributed by atoms with Gasteiger partial charge in [-0.1, -0.05) is 0 Å². The minimum Gasteiger partial charge on any atom is -0.398 e. The van der Waals surface area contributed by atoms with Gasteiger partial charge < -0.3 is 10.1 Å². The number of imidazole rings is 1. The van der Waals surface area contributed by atoms with Crippen molar-refractivity contribution in [3.63, 3.8) is 0 Å². The van der Waals surface area contributed by atoms with Crippen LogP contribution in [0.3, 0.4) is 0 Å². The number of alkyl halides is 3. The molecular formula is C8H6F3N3. The standard InChI is InChI=1S/C8H6F3N3/c9-8(10,11)6-4-14-3-5(12)1-2-7(14)13-6/h1-4H,12H2. The molecule has 2 aromatic rings. The zero-order chi connectivity index (χ0) is 10.3. The highest BCUT2D eigenvalue weighted by Crippen LogP contribution is 2.28. The van der Waals surface area contributed by atoms with E-state index in [4.69, 9.17) is 5.73 Å². The molecule has 2 heterocycles. The first-order valence-corrected chi connectivity index (χ1v) is 3.78. The van der Waals surface area contributed by atoms with Crippen LogP contribution in [-0.2, 0) is 6.18 Å². The molecule has 0 fully saturated rings. The van der Waals surface area contributed by atoms with Gasteiger partial charge in [-0.25, -0.2) is 4.98 Å². The van der Waals surface area contributed by atoms with Gasteiger partial charge in [-0.15, -0.1) is 0 Å². The van der Waals surface area contributed by atoms with Crippen LogP contribution in [0.2, 0.25) is 0 Å². The van der Waals surface area contributed by atoms with E-state index in [0.29, 0.717) is 5.69 Å². The van der Waals surface area contributed by atoms with Gasteiger partial charge in [0, 0.05) is 18.1 Å². The second kappa shape index (κ2) is 2.63. The molecule has 2 rings (SSSR count). The molecule has 2 aromatic heterocycles.